The standard InChI is InChI=1S/C18H21N3OS/c1-11-17(23-12(2)20-11)18(22)21-10-14-8-19-9-15(14)16(21)13-6-4-3-5-7-13/h3-7,14-16,19H,8-10H2,1-2H3/t14-,15-,16-/m0/s1. The van der Waals surface area contributed by atoms with Crippen LogP contribution in [0.1, 0.15) is 32.0 Å². The number of hydrogen-bond acceptors (Lipinski definition) is 4. The third-order valence-electron chi connectivity index (χ3n) is 5.06. The molecule has 0 radical (unpaired) electrons. The van der Waals surface area contributed by atoms with E-state index in [0.29, 0.717) is 11.8 Å². The van der Waals surface area contributed by atoms with E-state index in [4.69, 9.17) is 0 Å². The van der Waals surface area contributed by atoms with Crippen LogP contribution in [-0.4, -0.2) is 35.4 Å². The van der Waals surface area contributed by atoms with Gasteiger partial charge >= 0.3 is 0 Å². The van der Waals surface area contributed by atoms with Crippen LogP contribution in [0.25, 0.3) is 0 Å². The molecule has 4 nitrogen and oxygen atoms in total. The summed E-state index contributed by atoms with van der Waals surface area (Å²) in [6.07, 6.45) is 0. The smallest absolute Gasteiger partial charge is 0.266 e. The summed E-state index contributed by atoms with van der Waals surface area (Å²) >= 11 is 1.52. The molecule has 1 N–H and O–H groups in total. The number of thiazole rings is 1. The zero-order valence-electron chi connectivity index (χ0n) is 13.5. The number of fused-ring (bicyclic) bond motifs is 1. The van der Waals surface area contributed by atoms with Crippen molar-refractivity contribution in [1.29, 1.82) is 0 Å². The summed E-state index contributed by atoms with van der Waals surface area (Å²) < 4.78 is 0. The van der Waals surface area contributed by atoms with Gasteiger partial charge < -0.3 is 10.2 Å². The van der Waals surface area contributed by atoms with Gasteiger partial charge in [-0.25, -0.2) is 4.98 Å². The van der Waals surface area contributed by atoms with Gasteiger partial charge in [0.15, 0.2) is 0 Å². The van der Waals surface area contributed by atoms with E-state index in [0.717, 1.165) is 35.2 Å². The van der Waals surface area contributed by atoms with E-state index < -0.39 is 0 Å². The fraction of sp³-hybridized carbons (Fsp3) is 0.444. The summed E-state index contributed by atoms with van der Waals surface area (Å²) in [4.78, 5) is 20.5. The SMILES string of the molecule is Cc1nc(C)c(C(=O)N2C[C@@H]3CNC[C@@H]3[C@@H]2c2ccccc2)s1. The fourth-order valence-electron chi connectivity index (χ4n) is 4.07. The van der Waals surface area contributed by atoms with Crippen molar-refractivity contribution in [3.8, 4) is 0 Å². The second-order valence-electron chi connectivity index (χ2n) is 6.54. The largest absolute Gasteiger partial charge is 0.330 e. The average Bonchev–Trinajstić information content (AvgIpc) is 3.21. The molecule has 1 aromatic carbocycles. The van der Waals surface area contributed by atoms with E-state index in [1.54, 1.807) is 0 Å². The maximum absolute atomic E-state index is 13.2. The molecule has 2 aliphatic rings. The van der Waals surface area contributed by atoms with E-state index >= 15 is 0 Å². The van der Waals surface area contributed by atoms with Gasteiger partial charge in [0.05, 0.1) is 16.7 Å². The molecule has 2 aliphatic heterocycles. The molecule has 2 aromatic rings. The van der Waals surface area contributed by atoms with E-state index in [2.05, 4.69) is 39.5 Å². The van der Waals surface area contributed by atoms with Gasteiger partial charge in [-0.3, -0.25) is 4.79 Å². The third kappa shape index (κ3) is 2.48. The van der Waals surface area contributed by atoms with Crippen molar-refractivity contribution in [3.63, 3.8) is 0 Å². The van der Waals surface area contributed by atoms with Gasteiger partial charge in [0, 0.05) is 25.6 Å². The summed E-state index contributed by atoms with van der Waals surface area (Å²) in [6.45, 7) is 6.75. The number of aryl methyl sites for hydroxylation is 2. The van der Waals surface area contributed by atoms with Gasteiger partial charge in [0.25, 0.3) is 5.91 Å². The summed E-state index contributed by atoms with van der Waals surface area (Å²) in [5.74, 6) is 1.21. The number of hydrogen-bond donors (Lipinski definition) is 1. The fourth-order valence-corrected chi connectivity index (χ4v) is 4.94. The summed E-state index contributed by atoms with van der Waals surface area (Å²) in [7, 11) is 0. The second-order valence-corrected chi connectivity index (χ2v) is 7.75. The van der Waals surface area contributed by atoms with Crippen LogP contribution in [0, 0.1) is 25.7 Å². The molecule has 0 unspecified atom stereocenters. The summed E-state index contributed by atoms with van der Waals surface area (Å²) in [5, 5.41) is 4.45. The van der Waals surface area contributed by atoms with Crippen molar-refractivity contribution in [2.24, 2.45) is 11.8 Å². The van der Waals surface area contributed by atoms with Crippen LogP contribution in [-0.2, 0) is 0 Å². The number of aromatic nitrogens is 1. The van der Waals surface area contributed by atoms with Crippen LogP contribution in [0.2, 0.25) is 0 Å². The number of nitrogens with one attached hydrogen (secondary N) is 1. The first-order chi connectivity index (χ1) is 11.1. The van der Waals surface area contributed by atoms with Crippen LogP contribution >= 0.6 is 11.3 Å². The molecule has 0 bridgehead atoms. The number of carbonyl (C=O) groups is 1. The Kier molecular flexibility index (Phi) is 3.70. The number of likely N-dealkylation sites (tertiary alicyclic amines) is 1. The summed E-state index contributed by atoms with van der Waals surface area (Å²) in [5.41, 5.74) is 2.11. The van der Waals surface area contributed by atoms with Crippen LogP contribution in [0.3, 0.4) is 0 Å². The molecular weight excluding hydrogens is 306 g/mol. The van der Waals surface area contributed by atoms with Crippen molar-refractivity contribution >= 4 is 17.2 Å². The zero-order chi connectivity index (χ0) is 16.0. The Morgan fingerprint density at radius 3 is 2.74 bits per heavy atom. The highest BCUT2D eigenvalue weighted by atomic mass is 32.1. The molecule has 5 heteroatoms. The molecule has 1 amide bonds. The number of benzene rings is 1. The lowest BCUT2D eigenvalue weighted by Gasteiger charge is -2.28. The normalized spacial score (nSPS) is 26.5. The van der Waals surface area contributed by atoms with Crippen LogP contribution in [0.15, 0.2) is 30.3 Å². The molecule has 2 fully saturated rings. The maximum Gasteiger partial charge on any atom is 0.266 e. The average molecular weight is 327 g/mol. The minimum atomic E-state index is 0.149. The second kappa shape index (κ2) is 5.73. The summed E-state index contributed by atoms with van der Waals surface area (Å²) in [6, 6.07) is 10.6. The van der Waals surface area contributed by atoms with Crippen molar-refractivity contribution < 1.29 is 4.79 Å². The quantitative estimate of drug-likeness (QED) is 0.922. The van der Waals surface area contributed by atoms with Crippen molar-refractivity contribution in [2.45, 2.75) is 19.9 Å². The molecule has 3 heterocycles. The number of amides is 1. The van der Waals surface area contributed by atoms with E-state index in [1.807, 2.05) is 19.9 Å². The number of nitrogens with zero attached hydrogens (tertiary/aromatic N) is 2. The molecule has 0 spiro atoms. The van der Waals surface area contributed by atoms with Gasteiger partial charge in [0.2, 0.25) is 0 Å². The highest BCUT2D eigenvalue weighted by Gasteiger charge is 2.47. The zero-order valence-corrected chi connectivity index (χ0v) is 14.3. The Bertz CT molecular complexity index is 727. The molecule has 2 saturated heterocycles. The van der Waals surface area contributed by atoms with E-state index in [-0.39, 0.29) is 11.9 Å². The lowest BCUT2D eigenvalue weighted by molar-refractivity contribution is 0.0718. The van der Waals surface area contributed by atoms with Crippen molar-refractivity contribution in [1.82, 2.24) is 15.2 Å². The molecule has 4 rings (SSSR count). The first-order valence-corrected chi connectivity index (χ1v) is 8.97. The monoisotopic (exact) mass is 327 g/mol. The van der Waals surface area contributed by atoms with Crippen molar-refractivity contribution in [3.05, 3.63) is 51.5 Å². The Hall–Kier alpha value is -1.72. The van der Waals surface area contributed by atoms with Gasteiger partial charge in [-0.1, -0.05) is 30.3 Å². The van der Waals surface area contributed by atoms with Crippen LogP contribution in [0.4, 0.5) is 0 Å². The molecular formula is C18H21N3OS. The first-order valence-electron chi connectivity index (χ1n) is 8.16. The molecule has 0 aliphatic carbocycles. The van der Waals surface area contributed by atoms with Gasteiger partial charge in [-0.15, -0.1) is 11.3 Å². The Balaban J connectivity index is 1.71. The highest BCUT2D eigenvalue weighted by Crippen LogP contribution is 2.43. The molecule has 1 aromatic heterocycles. The Morgan fingerprint density at radius 2 is 2.04 bits per heavy atom. The minimum Gasteiger partial charge on any atom is -0.330 e. The van der Waals surface area contributed by atoms with E-state index in [9.17, 15) is 4.79 Å². The molecule has 0 saturated carbocycles. The lowest BCUT2D eigenvalue weighted by Crippen LogP contribution is -2.34. The van der Waals surface area contributed by atoms with Gasteiger partial charge in [0.1, 0.15) is 4.88 Å². The van der Waals surface area contributed by atoms with Crippen LogP contribution < -0.4 is 5.32 Å². The molecule has 23 heavy (non-hydrogen) atoms. The van der Waals surface area contributed by atoms with Crippen molar-refractivity contribution in [2.75, 3.05) is 19.6 Å². The Morgan fingerprint density at radius 1 is 1.26 bits per heavy atom. The molecule has 3 atom stereocenters. The van der Waals surface area contributed by atoms with Gasteiger partial charge in [-0.2, -0.15) is 0 Å². The topological polar surface area (TPSA) is 45.2 Å². The maximum atomic E-state index is 13.2. The van der Waals surface area contributed by atoms with Gasteiger partial charge in [-0.05, 0) is 25.3 Å². The van der Waals surface area contributed by atoms with E-state index in [1.165, 1.54) is 16.9 Å². The number of rotatable bonds is 2. The molecule has 120 valence electrons. The predicted octanol–water partition coefficient (Wildman–Crippen LogP) is 2.79. The van der Waals surface area contributed by atoms with Crippen LogP contribution in [0.5, 0.6) is 0 Å². The predicted molar refractivity (Wildman–Crippen MR) is 91.7 cm³/mol. The lowest BCUT2D eigenvalue weighted by atomic mass is 9.89. The minimum absolute atomic E-state index is 0.149. The first kappa shape index (κ1) is 14.8. The third-order valence-corrected chi connectivity index (χ3v) is 6.13. The highest BCUT2D eigenvalue weighted by molar-refractivity contribution is 7.13. The number of carbonyl (C=O) groups excluding carboxylic acids is 1. The Labute approximate surface area is 140 Å².